The lowest BCUT2D eigenvalue weighted by Gasteiger charge is -2.26. The quantitative estimate of drug-likeness (QED) is 0.865. The van der Waals surface area contributed by atoms with Crippen molar-refractivity contribution in [1.29, 1.82) is 0 Å². The van der Waals surface area contributed by atoms with Gasteiger partial charge in [0.2, 0.25) is 0 Å². The third kappa shape index (κ3) is 1.91. The van der Waals surface area contributed by atoms with E-state index in [9.17, 15) is 5.11 Å². The van der Waals surface area contributed by atoms with Crippen molar-refractivity contribution in [3.8, 4) is 5.75 Å². The maximum absolute atomic E-state index is 9.91. The number of nitrogens with zero attached hydrogens (tertiary/aromatic N) is 2. The summed E-state index contributed by atoms with van der Waals surface area (Å²) in [7, 11) is 4.34. The first-order valence-electron chi connectivity index (χ1n) is 6.88. The molecular formula is C15H22N2O. The zero-order valence-corrected chi connectivity index (χ0v) is 11.3. The van der Waals surface area contributed by atoms with Crippen LogP contribution in [-0.4, -0.2) is 48.1 Å². The van der Waals surface area contributed by atoms with E-state index in [4.69, 9.17) is 0 Å². The van der Waals surface area contributed by atoms with Gasteiger partial charge in [0.15, 0.2) is 0 Å². The van der Waals surface area contributed by atoms with Crippen molar-refractivity contribution in [1.82, 2.24) is 9.80 Å². The molecule has 1 aliphatic heterocycles. The molecule has 1 aromatic rings. The number of benzene rings is 1. The Bertz CT molecular complexity index is 444. The Morgan fingerprint density at radius 2 is 2.11 bits per heavy atom. The average molecular weight is 246 g/mol. The zero-order valence-electron chi connectivity index (χ0n) is 11.3. The predicted octanol–water partition coefficient (Wildman–Crippen LogP) is 2.02. The van der Waals surface area contributed by atoms with Crippen molar-refractivity contribution in [3.63, 3.8) is 0 Å². The van der Waals surface area contributed by atoms with Gasteiger partial charge in [0, 0.05) is 25.2 Å². The Balaban J connectivity index is 1.79. The molecule has 2 atom stereocenters. The zero-order chi connectivity index (χ0) is 12.7. The van der Waals surface area contributed by atoms with E-state index in [1.807, 2.05) is 12.1 Å². The van der Waals surface area contributed by atoms with Crippen molar-refractivity contribution in [3.05, 3.63) is 29.3 Å². The number of likely N-dealkylation sites (N-methyl/N-ethyl adjacent to an activating group) is 1. The van der Waals surface area contributed by atoms with Gasteiger partial charge in [-0.2, -0.15) is 0 Å². The Labute approximate surface area is 109 Å². The molecule has 98 valence electrons. The predicted molar refractivity (Wildman–Crippen MR) is 72.8 cm³/mol. The number of phenolic OH excluding ortho intramolecular Hbond substituents is 1. The lowest BCUT2D eigenvalue weighted by Crippen LogP contribution is -2.32. The highest BCUT2D eigenvalue weighted by Gasteiger charge is 2.34. The number of phenols is 1. The van der Waals surface area contributed by atoms with E-state index in [1.54, 1.807) is 0 Å². The van der Waals surface area contributed by atoms with Crippen LogP contribution in [0.25, 0.3) is 0 Å². The van der Waals surface area contributed by atoms with Crippen LogP contribution < -0.4 is 0 Å². The highest BCUT2D eigenvalue weighted by atomic mass is 16.3. The molecule has 1 aliphatic carbocycles. The molecule has 1 aromatic carbocycles. The molecule has 3 nitrogen and oxygen atoms in total. The molecular weight excluding hydrogens is 224 g/mol. The van der Waals surface area contributed by atoms with E-state index in [2.05, 4.69) is 30.0 Å². The lowest BCUT2D eigenvalue weighted by atomic mass is 10.1. The minimum absolute atomic E-state index is 0.485. The lowest BCUT2D eigenvalue weighted by molar-refractivity contribution is 0.216. The fourth-order valence-electron chi connectivity index (χ4n) is 3.47. The van der Waals surface area contributed by atoms with Crippen LogP contribution in [0.5, 0.6) is 5.75 Å². The van der Waals surface area contributed by atoms with Crippen molar-refractivity contribution in [2.45, 2.75) is 31.3 Å². The summed E-state index contributed by atoms with van der Waals surface area (Å²) in [4.78, 5) is 4.92. The van der Waals surface area contributed by atoms with Crippen LogP contribution in [0.3, 0.4) is 0 Å². The number of rotatable bonds is 2. The first-order chi connectivity index (χ1) is 8.66. The molecule has 0 bridgehead atoms. The summed E-state index contributed by atoms with van der Waals surface area (Å²) in [5, 5.41) is 9.91. The van der Waals surface area contributed by atoms with Crippen molar-refractivity contribution in [2.24, 2.45) is 0 Å². The summed E-state index contributed by atoms with van der Waals surface area (Å²) in [6, 6.07) is 7.19. The maximum Gasteiger partial charge on any atom is 0.119 e. The number of likely N-dealkylation sites (tertiary alicyclic amines) is 1. The first kappa shape index (κ1) is 12.0. The van der Waals surface area contributed by atoms with Crippen LogP contribution in [-0.2, 0) is 6.42 Å². The van der Waals surface area contributed by atoms with Gasteiger partial charge in [-0.05, 0) is 50.6 Å². The summed E-state index contributed by atoms with van der Waals surface area (Å²) < 4.78 is 0. The monoisotopic (exact) mass is 246 g/mol. The molecule has 0 aromatic heterocycles. The molecule has 2 aliphatic rings. The molecule has 3 heteroatoms. The summed E-state index contributed by atoms with van der Waals surface area (Å²) in [6.07, 6.45) is 3.44. The normalized spacial score (nSPS) is 27.9. The SMILES string of the molecule is CN(C)C1CCN(C2CCc3c(O)cccc32)C1. The van der Waals surface area contributed by atoms with Crippen LogP contribution >= 0.6 is 0 Å². The largest absolute Gasteiger partial charge is 0.508 e. The Morgan fingerprint density at radius 1 is 1.28 bits per heavy atom. The van der Waals surface area contributed by atoms with Gasteiger partial charge in [0.1, 0.15) is 5.75 Å². The average Bonchev–Trinajstić information content (AvgIpc) is 2.94. The minimum atomic E-state index is 0.485. The van der Waals surface area contributed by atoms with Gasteiger partial charge >= 0.3 is 0 Å². The van der Waals surface area contributed by atoms with Gasteiger partial charge < -0.3 is 10.0 Å². The van der Waals surface area contributed by atoms with E-state index in [1.165, 1.54) is 24.1 Å². The Morgan fingerprint density at radius 3 is 2.83 bits per heavy atom. The smallest absolute Gasteiger partial charge is 0.119 e. The molecule has 0 saturated carbocycles. The molecule has 0 radical (unpaired) electrons. The summed E-state index contributed by atoms with van der Waals surface area (Å²) >= 11 is 0. The van der Waals surface area contributed by atoms with Crippen molar-refractivity contribution >= 4 is 0 Å². The van der Waals surface area contributed by atoms with Gasteiger partial charge in [-0.15, -0.1) is 0 Å². The fourth-order valence-corrected chi connectivity index (χ4v) is 3.47. The second kappa shape index (κ2) is 4.56. The highest BCUT2D eigenvalue weighted by Crippen LogP contribution is 2.41. The molecule has 0 spiro atoms. The Hall–Kier alpha value is -1.06. The Kier molecular flexibility index (Phi) is 3.04. The maximum atomic E-state index is 9.91. The minimum Gasteiger partial charge on any atom is -0.508 e. The van der Waals surface area contributed by atoms with Crippen molar-refractivity contribution in [2.75, 3.05) is 27.2 Å². The molecule has 1 fully saturated rings. The molecule has 1 heterocycles. The second-order valence-corrected chi connectivity index (χ2v) is 5.80. The van der Waals surface area contributed by atoms with Gasteiger partial charge in [-0.25, -0.2) is 0 Å². The molecule has 3 rings (SSSR count). The van der Waals surface area contributed by atoms with E-state index >= 15 is 0 Å². The molecule has 1 N–H and O–H groups in total. The summed E-state index contributed by atoms with van der Waals surface area (Å²) in [6.45, 7) is 2.34. The van der Waals surface area contributed by atoms with E-state index < -0.39 is 0 Å². The third-order valence-corrected chi connectivity index (χ3v) is 4.58. The van der Waals surface area contributed by atoms with Gasteiger partial charge in [0.25, 0.3) is 0 Å². The van der Waals surface area contributed by atoms with Crippen molar-refractivity contribution < 1.29 is 5.11 Å². The van der Waals surface area contributed by atoms with E-state index in [0.29, 0.717) is 17.8 Å². The topological polar surface area (TPSA) is 26.7 Å². The summed E-state index contributed by atoms with van der Waals surface area (Å²) in [5.74, 6) is 0.485. The molecule has 0 amide bonds. The van der Waals surface area contributed by atoms with Crippen LogP contribution in [0.4, 0.5) is 0 Å². The number of aromatic hydroxyl groups is 1. The van der Waals surface area contributed by atoms with Gasteiger partial charge in [0.05, 0.1) is 0 Å². The number of hydrogen-bond donors (Lipinski definition) is 1. The second-order valence-electron chi connectivity index (χ2n) is 5.80. The molecule has 1 saturated heterocycles. The van der Waals surface area contributed by atoms with E-state index in [-0.39, 0.29) is 0 Å². The third-order valence-electron chi connectivity index (χ3n) is 4.58. The number of hydrogen-bond acceptors (Lipinski definition) is 3. The van der Waals surface area contributed by atoms with Crippen LogP contribution in [0.2, 0.25) is 0 Å². The standard InChI is InChI=1S/C15H22N2O/c1-16(2)11-8-9-17(10-11)14-7-6-13-12(14)4-3-5-15(13)18/h3-5,11,14,18H,6-10H2,1-2H3. The van der Waals surface area contributed by atoms with Gasteiger partial charge in [-0.3, -0.25) is 4.90 Å². The molecule has 18 heavy (non-hydrogen) atoms. The first-order valence-corrected chi connectivity index (χ1v) is 6.88. The van der Waals surface area contributed by atoms with Crippen LogP contribution in [0.1, 0.15) is 30.0 Å². The summed E-state index contributed by atoms with van der Waals surface area (Å²) in [5.41, 5.74) is 2.53. The fraction of sp³-hybridized carbons (Fsp3) is 0.600. The number of fused-ring (bicyclic) bond motifs is 1. The molecule has 2 unspecified atom stereocenters. The van der Waals surface area contributed by atoms with E-state index in [0.717, 1.165) is 19.4 Å². The van der Waals surface area contributed by atoms with Crippen LogP contribution in [0, 0.1) is 0 Å². The van der Waals surface area contributed by atoms with Crippen LogP contribution in [0.15, 0.2) is 18.2 Å². The highest BCUT2D eigenvalue weighted by molar-refractivity contribution is 5.44. The van der Waals surface area contributed by atoms with Gasteiger partial charge in [-0.1, -0.05) is 12.1 Å².